The van der Waals surface area contributed by atoms with E-state index in [9.17, 15) is 19.5 Å². The van der Waals surface area contributed by atoms with Crippen molar-refractivity contribution in [2.75, 3.05) is 6.54 Å². The van der Waals surface area contributed by atoms with Crippen molar-refractivity contribution in [3.8, 4) is 0 Å². The molecule has 0 saturated heterocycles. The molecule has 180 valence electrons. The number of hydrogen-bond acceptors (Lipinski definition) is 7. The van der Waals surface area contributed by atoms with E-state index in [-0.39, 0.29) is 41.6 Å². The molecule has 0 aliphatic heterocycles. The normalized spacial score (nSPS) is 13.7. The van der Waals surface area contributed by atoms with Crippen LogP contribution in [-0.2, 0) is 14.4 Å². The second kappa shape index (κ2) is 19.8. The molecule has 0 rings (SSSR count). The molecule has 0 aromatic heterocycles. The molecular weight excluding hydrogens is 386 g/mol. The number of aliphatic hydroxyl groups is 3. The average Bonchev–Trinajstić information content (AvgIpc) is 2.70. The summed E-state index contributed by atoms with van der Waals surface area (Å²) < 4.78 is 0. The third-order valence-electron chi connectivity index (χ3n) is 4.31. The first kappa shape index (κ1) is 33.5. The van der Waals surface area contributed by atoms with Crippen LogP contribution in [0.1, 0.15) is 87.5 Å². The van der Waals surface area contributed by atoms with E-state index >= 15 is 0 Å². The summed E-state index contributed by atoms with van der Waals surface area (Å²) in [7, 11) is 0. The number of ketones is 3. The molecule has 3 unspecified atom stereocenters. The van der Waals surface area contributed by atoms with Gasteiger partial charge in [0.05, 0.1) is 0 Å². The van der Waals surface area contributed by atoms with E-state index in [1.165, 1.54) is 0 Å². The molecule has 7 nitrogen and oxygen atoms in total. The summed E-state index contributed by atoms with van der Waals surface area (Å²) in [4.78, 5) is 32.8. The lowest BCUT2D eigenvalue weighted by Crippen LogP contribution is -2.32. The third-order valence-corrected chi connectivity index (χ3v) is 4.31. The number of nitrogens with two attached hydrogens (primary N) is 1. The van der Waals surface area contributed by atoms with Gasteiger partial charge in [0.2, 0.25) is 0 Å². The minimum atomic E-state index is -0.968. The van der Waals surface area contributed by atoms with E-state index in [2.05, 4.69) is 0 Å². The highest BCUT2D eigenvalue weighted by Crippen LogP contribution is 2.07. The lowest BCUT2D eigenvalue weighted by molar-refractivity contribution is -0.131. The summed E-state index contributed by atoms with van der Waals surface area (Å²) in [6, 6.07) is 0. The molecule has 0 aromatic rings. The molecule has 0 bridgehead atoms. The first-order chi connectivity index (χ1) is 13.8. The van der Waals surface area contributed by atoms with E-state index < -0.39 is 18.3 Å². The molecular formula is C23H47NO6. The van der Waals surface area contributed by atoms with Crippen LogP contribution in [-0.4, -0.2) is 57.5 Å². The van der Waals surface area contributed by atoms with Gasteiger partial charge in [-0.25, -0.2) is 0 Å². The number of aliphatic hydroxyl groups excluding tert-OH is 3. The number of Topliss-reactive ketones (excluding diaryl/α,β-unsaturated/α-hetero) is 3. The van der Waals surface area contributed by atoms with Crippen molar-refractivity contribution in [3.05, 3.63) is 0 Å². The first-order valence-electron chi connectivity index (χ1n) is 11.1. The van der Waals surface area contributed by atoms with Crippen LogP contribution >= 0.6 is 0 Å². The van der Waals surface area contributed by atoms with Gasteiger partial charge in [-0.15, -0.1) is 0 Å². The molecule has 0 aromatic carbocycles. The maximum atomic E-state index is 11.1. The number of hydrogen-bond donors (Lipinski definition) is 4. The van der Waals surface area contributed by atoms with Crippen LogP contribution in [0.3, 0.4) is 0 Å². The second-order valence-electron chi connectivity index (χ2n) is 8.39. The van der Waals surface area contributed by atoms with E-state index in [0.29, 0.717) is 12.8 Å². The van der Waals surface area contributed by atoms with Crippen LogP contribution in [0.5, 0.6) is 0 Å². The Morgan fingerprint density at radius 1 is 0.633 bits per heavy atom. The van der Waals surface area contributed by atoms with Crippen molar-refractivity contribution >= 4 is 17.3 Å². The molecule has 3 atom stereocenters. The fourth-order valence-electron chi connectivity index (χ4n) is 2.23. The van der Waals surface area contributed by atoms with Gasteiger partial charge in [-0.3, -0.25) is 14.4 Å². The van der Waals surface area contributed by atoms with Gasteiger partial charge in [0.15, 0.2) is 17.3 Å². The van der Waals surface area contributed by atoms with E-state index in [4.69, 9.17) is 15.9 Å². The molecule has 0 fully saturated rings. The minimum absolute atomic E-state index is 0.0248. The Morgan fingerprint density at radius 3 is 1.20 bits per heavy atom. The maximum absolute atomic E-state index is 11.1. The summed E-state index contributed by atoms with van der Waals surface area (Å²) >= 11 is 0. The molecule has 0 heterocycles. The molecule has 0 amide bonds. The van der Waals surface area contributed by atoms with E-state index in [0.717, 1.165) is 19.3 Å². The quantitative estimate of drug-likeness (QED) is 0.371. The molecule has 0 spiro atoms. The Labute approximate surface area is 183 Å². The van der Waals surface area contributed by atoms with Crippen LogP contribution in [0.15, 0.2) is 0 Å². The zero-order valence-electron chi connectivity index (χ0n) is 20.4. The maximum Gasteiger partial charge on any atom is 0.165 e. The minimum Gasteiger partial charge on any atom is -0.385 e. The van der Waals surface area contributed by atoms with Gasteiger partial charge in [-0.2, -0.15) is 0 Å². The molecule has 0 aliphatic carbocycles. The Hall–Kier alpha value is -1.15. The third kappa shape index (κ3) is 17.7. The fourth-order valence-corrected chi connectivity index (χ4v) is 2.23. The number of unbranched alkanes of at least 4 members (excludes halogenated alkanes) is 1. The zero-order chi connectivity index (χ0) is 24.4. The second-order valence-corrected chi connectivity index (χ2v) is 8.39. The fraction of sp³-hybridized carbons (Fsp3) is 0.870. The number of rotatable bonds is 12. The predicted octanol–water partition coefficient (Wildman–Crippen LogP) is 2.67. The van der Waals surface area contributed by atoms with Crippen molar-refractivity contribution in [1.29, 1.82) is 0 Å². The Bertz CT molecular complexity index is 463. The Kier molecular flexibility index (Phi) is 22.1. The average molecular weight is 434 g/mol. The highest BCUT2D eigenvalue weighted by molar-refractivity contribution is 5.85. The van der Waals surface area contributed by atoms with Crippen LogP contribution in [0.25, 0.3) is 0 Å². The molecule has 30 heavy (non-hydrogen) atoms. The van der Waals surface area contributed by atoms with Crippen LogP contribution in [0.4, 0.5) is 0 Å². The summed E-state index contributed by atoms with van der Waals surface area (Å²) in [5.74, 6) is -0.454. The van der Waals surface area contributed by atoms with E-state index in [1.54, 1.807) is 27.7 Å². The van der Waals surface area contributed by atoms with Crippen LogP contribution in [0, 0.1) is 17.8 Å². The summed E-state index contributed by atoms with van der Waals surface area (Å²) in [6.45, 7) is 14.8. The summed E-state index contributed by atoms with van der Waals surface area (Å²) in [6.07, 6.45) is 1.61. The molecule has 5 N–H and O–H groups in total. The Morgan fingerprint density at radius 2 is 0.967 bits per heavy atom. The highest BCUT2D eigenvalue weighted by atomic mass is 16.3. The summed E-state index contributed by atoms with van der Waals surface area (Å²) in [5.41, 5.74) is 5.04. The first-order valence-corrected chi connectivity index (χ1v) is 11.1. The van der Waals surface area contributed by atoms with E-state index in [1.807, 2.05) is 27.7 Å². The SMILES string of the molecule is CC(C)C(=O)C(O)CN.CCCC(O)C(=O)C(C)C.CCCCC(O)C(=O)C(C)C. The number of carbonyl (C=O) groups is 3. The van der Waals surface area contributed by atoms with Gasteiger partial charge >= 0.3 is 0 Å². The lowest BCUT2D eigenvalue weighted by Gasteiger charge is -2.10. The van der Waals surface area contributed by atoms with Gasteiger partial charge in [0, 0.05) is 24.3 Å². The standard InChI is InChI=1S/C9H18O2.C8H16O2.C6H13NO2/c1-4-5-6-8(10)9(11)7(2)3;1-4-5-7(9)8(10)6(2)3;1-4(2)6(9)5(8)3-7/h7-8,10H,4-6H2,1-3H3;6-7,9H,4-5H2,1-3H3;4-5,8H,3,7H2,1-2H3. The number of carbonyl (C=O) groups excluding carboxylic acids is 3. The highest BCUT2D eigenvalue weighted by Gasteiger charge is 2.17. The lowest BCUT2D eigenvalue weighted by atomic mass is 10.0. The van der Waals surface area contributed by atoms with Crippen molar-refractivity contribution in [2.45, 2.75) is 106 Å². The molecule has 7 heteroatoms. The smallest absolute Gasteiger partial charge is 0.165 e. The van der Waals surface area contributed by atoms with Gasteiger partial charge < -0.3 is 21.1 Å². The molecule has 0 saturated carbocycles. The van der Waals surface area contributed by atoms with Crippen molar-refractivity contribution < 1.29 is 29.7 Å². The van der Waals surface area contributed by atoms with Gasteiger partial charge in [0.1, 0.15) is 18.3 Å². The largest absolute Gasteiger partial charge is 0.385 e. The van der Waals surface area contributed by atoms with Crippen LogP contribution < -0.4 is 5.73 Å². The monoisotopic (exact) mass is 433 g/mol. The van der Waals surface area contributed by atoms with Gasteiger partial charge in [-0.1, -0.05) is 74.7 Å². The summed E-state index contributed by atoms with van der Waals surface area (Å²) in [5, 5.41) is 27.2. The van der Waals surface area contributed by atoms with Gasteiger partial charge in [-0.05, 0) is 12.8 Å². The Balaban J connectivity index is -0.000000366. The molecule has 0 radical (unpaired) electrons. The van der Waals surface area contributed by atoms with Crippen molar-refractivity contribution in [2.24, 2.45) is 23.5 Å². The van der Waals surface area contributed by atoms with Gasteiger partial charge in [0.25, 0.3) is 0 Å². The predicted molar refractivity (Wildman–Crippen MR) is 121 cm³/mol. The van der Waals surface area contributed by atoms with Crippen molar-refractivity contribution in [3.63, 3.8) is 0 Å². The van der Waals surface area contributed by atoms with Crippen molar-refractivity contribution in [1.82, 2.24) is 0 Å². The van der Waals surface area contributed by atoms with Crippen LogP contribution in [0.2, 0.25) is 0 Å². The topological polar surface area (TPSA) is 138 Å². The molecule has 0 aliphatic rings. The zero-order valence-corrected chi connectivity index (χ0v) is 20.4.